The van der Waals surface area contributed by atoms with Gasteiger partial charge in [-0.25, -0.2) is 0 Å². The topological polar surface area (TPSA) is 93.1 Å². The van der Waals surface area contributed by atoms with Gasteiger partial charge >= 0.3 is 0 Å². The number of carboxylic acid groups (broad SMARTS) is 1. The van der Waals surface area contributed by atoms with Crippen LogP contribution in [0, 0.1) is 34.5 Å². The van der Waals surface area contributed by atoms with E-state index in [9.17, 15) is 9.90 Å². The molecule has 35 heavy (non-hydrogen) atoms. The second-order valence-electron chi connectivity index (χ2n) is 12.3. The van der Waals surface area contributed by atoms with Gasteiger partial charge in [0.1, 0.15) is 0 Å². The molecule has 0 saturated heterocycles. The molecule has 2 N–H and O–H groups in total. The van der Waals surface area contributed by atoms with Crippen LogP contribution in [0.2, 0.25) is 0 Å². The summed E-state index contributed by atoms with van der Waals surface area (Å²) in [7, 11) is 1.84. The monoisotopic (exact) mass is 490 g/mol. The van der Waals surface area contributed by atoms with E-state index in [0.29, 0.717) is 24.2 Å². The van der Waals surface area contributed by atoms with Gasteiger partial charge in [-0.15, -0.1) is 0 Å². The molecule has 0 aliphatic heterocycles. The zero-order chi connectivity index (χ0) is 25.4. The summed E-state index contributed by atoms with van der Waals surface area (Å²) in [6.45, 7) is 5.98. The molecule has 5 aliphatic rings. The molecule has 0 aromatic rings. The van der Waals surface area contributed by atoms with Crippen molar-refractivity contribution < 1.29 is 29.3 Å². The van der Waals surface area contributed by atoms with E-state index in [4.69, 9.17) is 19.4 Å². The van der Waals surface area contributed by atoms with Gasteiger partial charge in [0.25, 0.3) is 5.97 Å². The van der Waals surface area contributed by atoms with Crippen LogP contribution in [-0.4, -0.2) is 47.6 Å². The number of ketones is 1. The second kappa shape index (κ2) is 10.3. The predicted molar refractivity (Wildman–Crippen MR) is 134 cm³/mol. The van der Waals surface area contributed by atoms with Crippen LogP contribution in [0.1, 0.15) is 97.8 Å². The number of carboxylic acids is 1. The average Bonchev–Trinajstić information content (AvgIpc) is 3.15. The molecule has 0 aromatic heterocycles. The Balaban J connectivity index is 0.000000672. The third-order valence-corrected chi connectivity index (χ3v) is 10.7. The van der Waals surface area contributed by atoms with Gasteiger partial charge in [-0.3, -0.25) is 9.59 Å². The normalized spacial score (nSPS) is 42.0. The summed E-state index contributed by atoms with van der Waals surface area (Å²) in [5, 5.41) is 18.1. The molecule has 5 rings (SSSR count). The third-order valence-electron chi connectivity index (χ3n) is 10.7. The first-order valence-electron chi connectivity index (χ1n) is 13.9. The Labute approximate surface area is 210 Å². The van der Waals surface area contributed by atoms with Crippen LogP contribution in [0.5, 0.6) is 0 Å². The van der Waals surface area contributed by atoms with Crippen molar-refractivity contribution in [1.82, 2.24) is 0 Å². The molecule has 4 saturated carbocycles. The van der Waals surface area contributed by atoms with E-state index in [-0.39, 0.29) is 41.0 Å². The Morgan fingerprint density at radius 1 is 1.09 bits per heavy atom. The molecule has 6 nitrogen and oxygen atoms in total. The number of aliphatic hydroxyl groups is 1. The largest absolute Gasteiger partial charge is 0.481 e. The summed E-state index contributed by atoms with van der Waals surface area (Å²) >= 11 is 0. The van der Waals surface area contributed by atoms with Gasteiger partial charge in [0, 0.05) is 38.7 Å². The number of carbonyl (C=O) groups excluding carboxylic acids is 1. The number of ether oxygens (including phenoxy) is 2. The van der Waals surface area contributed by atoms with E-state index in [1.165, 1.54) is 44.1 Å². The Morgan fingerprint density at radius 3 is 2.40 bits per heavy atom. The van der Waals surface area contributed by atoms with E-state index >= 15 is 0 Å². The van der Waals surface area contributed by atoms with Crippen molar-refractivity contribution in [2.24, 2.45) is 34.5 Å². The van der Waals surface area contributed by atoms with E-state index in [1.807, 2.05) is 13.2 Å². The van der Waals surface area contributed by atoms with Gasteiger partial charge < -0.3 is 19.7 Å². The summed E-state index contributed by atoms with van der Waals surface area (Å²) in [5.74, 6) is 1.10. The SMILES string of the molecule is CC(=O)O.COC1(O[C@H]2CC[C@H]3[C@@H]4CCC5=CC(=O)C[C@@H](C)[C@]5(CO)[C@H]4CC[C@]23C)CCCCC1. The van der Waals surface area contributed by atoms with Crippen molar-refractivity contribution in [3.05, 3.63) is 11.6 Å². The molecule has 5 aliphatic carbocycles. The molecule has 0 bridgehead atoms. The fraction of sp³-hybridized carbons (Fsp3) is 0.862. The number of fused-ring (bicyclic) bond motifs is 5. The van der Waals surface area contributed by atoms with Crippen molar-refractivity contribution in [2.75, 3.05) is 13.7 Å². The first kappa shape index (κ1) is 26.8. The highest BCUT2D eigenvalue weighted by atomic mass is 16.7. The molecule has 6 heteroatoms. The minimum absolute atomic E-state index is 0.172. The smallest absolute Gasteiger partial charge is 0.300 e. The highest BCUT2D eigenvalue weighted by Gasteiger charge is 2.62. The lowest BCUT2D eigenvalue weighted by Crippen LogP contribution is -2.56. The summed E-state index contributed by atoms with van der Waals surface area (Å²) < 4.78 is 12.9. The zero-order valence-electron chi connectivity index (χ0n) is 22.2. The summed E-state index contributed by atoms with van der Waals surface area (Å²) in [4.78, 5) is 21.3. The number of aliphatic hydroxyl groups excluding tert-OH is 1. The van der Waals surface area contributed by atoms with Crippen LogP contribution in [0.15, 0.2) is 11.6 Å². The summed E-state index contributed by atoms with van der Waals surface area (Å²) in [6, 6.07) is 0. The average molecular weight is 491 g/mol. The molecule has 0 unspecified atom stereocenters. The number of hydrogen-bond acceptors (Lipinski definition) is 5. The molecule has 0 spiro atoms. The van der Waals surface area contributed by atoms with E-state index < -0.39 is 5.97 Å². The van der Waals surface area contributed by atoms with Gasteiger partial charge in [-0.05, 0) is 86.5 Å². The van der Waals surface area contributed by atoms with Crippen molar-refractivity contribution in [3.63, 3.8) is 0 Å². The third kappa shape index (κ3) is 4.64. The lowest BCUT2D eigenvalue weighted by Gasteiger charge is -2.60. The highest BCUT2D eigenvalue weighted by molar-refractivity contribution is 5.92. The Hall–Kier alpha value is -1.24. The van der Waals surface area contributed by atoms with Gasteiger partial charge in [0.2, 0.25) is 0 Å². The lowest BCUT2D eigenvalue weighted by atomic mass is 9.45. The molecule has 198 valence electrons. The highest BCUT2D eigenvalue weighted by Crippen LogP contribution is 2.67. The minimum atomic E-state index is -0.833. The predicted octanol–water partition coefficient (Wildman–Crippen LogP) is 5.52. The van der Waals surface area contributed by atoms with Crippen molar-refractivity contribution in [1.29, 1.82) is 0 Å². The van der Waals surface area contributed by atoms with Gasteiger partial charge in [-0.1, -0.05) is 25.8 Å². The quantitative estimate of drug-likeness (QED) is 0.504. The van der Waals surface area contributed by atoms with Gasteiger partial charge in [0.15, 0.2) is 11.6 Å². The van der Waals surface area contributed by atoms with E-state index in [1.54, 1.807) is 0 Å². The number of rotatable bonds is 4. The maximum absolute atomic E-state index is 12.3. The van der Waals surface area contributed by atoms with Crippen LogP contribution < -0.4 is 0 Å². The molecule has 0 aromatic carbocycles. The molecular weight excluding hydrogens is 444 g/mol. The molecule has 0 amide bonds. The number of carbonyl (C=O) groups is 2. The van der Waals surface area contributed by atoms with Crippen LogP contribution in [-0.2, 0) is 19.1 Å². The first-order valence-corrected chi connectivity index (χ1v) is 13.9. The second-order valence-corrected chi connectivity index (χ2v) is 12.3. The maximum atomic E-state index is 12.3. The molecule has 0 heterocycles. The molecule has 7 atom stereocenters. The van der Waals surface area contributed by atoms with Crippen LogP contribution in [0.25, 0.3) is 0 Å². The van der Waals surface area contributed by atoms with Crippen molar-refractivity contribution >= 4 is 11.8 Å². The van der Waals surface area contributed by atoms with Crippen LogP contribution in [0.4, 0.5) is 0 Å². The van der Waals surface area contributed by atoms with Gasteiger partial charge in [-0.2, -0.15) is 0 Å². The number of aliphatic carboxylic acids is 1. The maximum Gasteiger partial charge on any atom is 0.300 e. The zero-order valence-corrected chi connectivity index (χ0v) is 22.2. The molecule has 0 radical (unpaired) electrons. The van der Waals surface area contributed by atoms with Crippen LogP contribution in [0.3, 0.4) is 0 Å². The number of methoxy groups -OCH3 is 1. The minimum Gasteiger partial charge on any atom is -0.481 e. The van der Waals surface area contributed by atoms with E-state index in [2.05, 4.69) is 13.8 Å². The molecular formula is C29H46O6. The Morgan fingerprint density at radius 2 is 1.77 bits per heavy atom. The molecule has 4 fully saturated rings. The summed E-state index contributed by atoms with van der Waals surface area (Å²) in [5.41, 5.74) is 1.29. The van der Waals surface area contributed by atoms with Crippen molar-refractivity contribution in [2.45, 2.75) is 110 Å². The fourth-order valence-corrected chi connectivity index (χ4v) is 8.99. The lowest BCUT2D eigenvalue weighted by molar-refractivity contribution is -0.280. The van der Waals surface area contributed by atoms with Crippen molar-refractivity contribution in [3.8, 4) is 0 Å². The Kier molecular flexibility index (Phi) is 7.86. The fourth-order valence-electron chi connectivity index (χ4n) is 8.99. The standard InChI is InChI=1S/C27H42O4.C2H4O2/c1-18-15-20(29)16-19-7-8-21-22-9-10-24(31-26(30-3)12-5-4-6-13-26)25(22,2)14-11-23(21)27(18,19)17-28;1-2(3)4/h16,18,21-24,28H,4-15,17H2,1-3H3;1H3,(H,3,4)/t18-,21+,22+,23+,24+,25+,27+;/m1./s1. The Bertz CT molecular complexity index is 825. The summed E-state index contributed by atoms with van der Waals surface area (Å²) in [6.07, 6.45) is 15.4. The van der Waals surface area contributed by atoms with E-state index in [0.717, 1.165) is 39.0 Å². The first-order chi connectivity index (χ1) is 16.6. The van der Waals surface area contributed by atoms with Crippen LogP contribution >= 0.6 is 0 Å². The van der Waals surface area contributed by atoms with Gasteiger partial charge in [0.05, 0.1) is 12.7 Å². The number of hydrogen-bond donors (Lipinski definition) is 2.